The van der Waals surface area contributed by atoms with Gasteiger partial charge in [-0.15, -0.1) is 0 Å². The topological polar surface area (TPSA) is 20.3 Å². The van der Waals surface area contributed by atoms with Crippen LogP contribution in [-0.4, -0.2) is 28.8 Å². The highest BCUT2D eigenvalue weighted by Gasteiger charge is 2.34. The maximum Gasteiger partial charge on any atom is 0.131 e. The minimum atomic E-state index is 0.300. The number of nitrogens with zero attached hydrogens (tertiary/aromatic N) is 1. The summed E-state index contributed by atoms with van der Waals surface area (Å²) in [6, 6.07) is 0.412. The Bertz CT molecular complexity index is 198. The molecule has 0 radical (unpaired) electrons. The second-order valence-electron chi connectivity index (χ2n) is 4.86. The molecule has 0 amide bonds. The molecule has 1 atom stereocenters. The molecular weight excluding hydrogens is 162 g/mol. The van der Waals surface area contributed by atoms with Gasteiger partial charge in [-0.1, -0.05) is 0 Å². The van der Waals surface area contributed by atoms with Crippen molar-refractivity contribution in [1.82, 2.24) is 4.90 Å². The van der Waals surface area contributed by atoms with Crippen molar-refractivity contribution >= 4 is 5.78 Å². The summed E-state index contributed by atoms with van der Waals surface area (Å²) < 4.78 is 0. The minimum absolute atomic E-state index is 0.300. The number of carbonyl (C=O) groups excluding carboxylic acids is 1. The zero-order valence-corrected chi connectivity index (χ0v) is 9.26. The lowest BCUT2D eigenvalue weighted by Crippen LogP contribution is -2.44. The van der Waals surface area contributed by atoms with Gasteiger partial charge in [0.25, 0.3) is 0 Å². The van der Waals surface area contributed by atoms with Crippen molar-refractivity contribution in [3.63, 3.8) is 0 Å². The van der Waals surface area contributed by atoms with Gasteiger partial charge in [0.05, 0.1) is 0 Å². The van der Waals surface area contributed by atoms with Crippen molar-refractivity contribution in [2.45, 2.75) is 58.5 Å². The van der Waals surface area contributed by atoms with Gasteiger partial charge in [-0.25, -0.2) is 0 Å². The molecule has 0 spiro atoms. The Labute approximate surface area is 81.3 Å². The fourth-order valence-corrected chi connectivity index (χ4v) is 2.47. The van der Waals surface area contributed by atoms with E-state index in [-0.39, 0.29) is 0 Å². The molecule has 76 valence electrons. The second kappa shape index (κ2) is 3.79. The van der Waals surface area contributed by atoms with E-state index in [0.29, 0.717) is 23.8 Å². The number of ketones is 1. The number of hydrogen-bond donors (Lipinski definition) is 0. The molecule has 1 aliphatic rings. The molecule has 1 aliphatic heterocycles. The SMILES string of the molecule is CC(=O)CC(C)N1CCCC1(C)C. The molecule has 1 unspecified atom stereocenters. The lowest BCUT2D eigenvalue weighted by atomic mass is 9.99. The quantitative estimate of drug-likeness (QED) is 0.668. The molecule has 0 saturated carbocycles. The Kier molecular flexibility index (Phi) is 3.12. The van der Waals surface area contributed by atoms with E-state index in [2.05, 4.69) is 25.7 Å². The summed E-state index contributed by atoms with van der Waals surface area (Å²) in [5, 5.41) is 0. The van der Waals surface area contributed by atoms with Crippen LogP contribution in [-0.2, 0) is 4.79 Å². The van der Waals surface area contributed by atoms with E-state index in [1.807, 2.05) is 0 Å². The zero-order valence-electron chi connectivity index (χ0n) is 9.26. The summed E-state index contributed by atoms with van der Waals surface area (Å²) in [6.45, 7) is 9.54. The number of carbonyl (C=O) groups is 1. The first-order valence-corrected chi connectivity index (χ1v) is 5.19. The van der Waals surface area contributed by atoms with Gasteiger partial charge in [-0.3, -0.25) is 9.69 Å². The molecule has 2 heteroatoms. The van der Waals surface area contributed by atoms with Gasteiger partial charge in [0, 0.05) is 18.0 Å². The van der Waals surface area contributed by atoms with Gasteiger partial charge >= 0.3 is 0 Å². The third-order valence-corrected chi connectivity index (χ3v) is 3.08. The molecule has 1 rings (SSSR count). The summed E-state index contributed by atoms with van der Waals surface area (Å²) in [7, 11) is 0. The highest BCUT2D eigenvalue weighted by Crippen LogP contribution is 2.30. The third kappa shape index (κ3) is 2.53. The normalized spacial score (nSPS) is 24.6. The fraction of sp³-hybridized carbons (Fsp3) is 0.909. The molecule has 2 nitrogen and oxygen atoms in total. The second-order valence-corrected chi connectivity index (χ2v) is 4.86. The van der Waals surface area contributed by atoms with Crippen LogP contribution in [0.25, 0.3) is 0 Å². The lowest BCUT2D eigenvalue weighted by molar-refractivity contribution is -0.118. The molecule has 0 N–H and O–H groups in total. The highest BCUT2D eigenvalue weighted by atomic mass is 16.1. The average Bonchev–Trinajstić information content (AvgIpc) is 2.27. The molecule has 13 heavy (non-hydrogen) atoms. The molecular formula is C11H21NO. The van der Waals surface area contributed by atoms with E-state index >= 15 is 0 Å². The maximum atomic E-state index is 11.0. The molecule has 1 fully saturated rings. The molecule has 0 aromatic heterocycles. The Balaban J connectivity index is 2.55. The number of likely N-dealkylation sites (tertiary alicyclic amines) is 1. The van der Waals surface area contributed by atoms with Crippen LogP contribution in [0.15, 0.2) is 0 Å². The van der Waals surface area contributed by atoms with E-state index in [1.165, 1.54) is 12.8 Å². The first-order valence-electron chi connectivity index (χ1n) is 5.19. The van der Waals surface area contributed by atoms with E-state index in [1.54, 1.807) is 6.92 Å². The molecule has 0 aromatic carbocycles. The third-order valence-electron chi connectivity index (χ3n) is 3.08. The van der Waals surface area contributed by atoms with Crippen LogP contribution in [0.1, 0.15) is 47.0 Å². The number of Topliss-reactive ketones (excluding diaryl/α,β-unsaturated/α-hetero) is 1. The first-order chi connectivity index (χ1) is 5.93. The predicted molar refractivity (Wildman–Crippen MR) is 54.8 cm³/mol. The van der Waals surface area contributed by atoms with E-state index < -0.39 is 0 Å². The smallest absolute Gasteiger partial charge is 0.131 e. The largest absolute Gasteiger partial charge is 0.300 e. The predicted octanol–water partition coefficient (Wildman–Crippen LogP) is 2.23. The monoisotopic (exact) mass is 183 g/mol. The molecule has 0 aromatic rings. The summed E-state index contributed by atoms with van der Waals surface area (Å²) in [5.74, 6) is 0.301. The van der Waals surface area contributed by atoms with E-state index in [9.17, 15) is 4.79 Å². The van der Waals surface area contributed by atoms with Crippen LogP contribution in [0.3, 0.4) is 0 Å². The Morgan fingerprint density at radius 1 is 1.54 bits per heavy atom. The van der Waals surface area contributed by atoms with Crippen molar-refractivity contribution in [2.24, 2.45) is 0 Å². The summed E-state index contributed by atoms with van der Waals surface area (Å²) in [6.07, 6.45) is 3.23. The Morgan fingerprint density at radius 2 is 2.15 bits per heavy atom. The van der Waals surface area contributed by atoms with E-state index in [0.717, 1.165) is 6.54 Å². The van der Waals surface area contributed by atoms with Crippen molar-refractivity contribution < 1.29 is 4.79 Å². The summed E-state index contributed by atoms with van der Waals surface area (Å²) >= 11 is 0. The van der Waals surface area contributed by atoms with Crippen LogP contribution in [0.2, 0.25) is 0 Å². The molecule has 0 aliphatic carbocycles. The van der Waals surface area contributed by atoms with Gasteiger partial charge in [0.2, 0.25) is 0 Å². The summed E-state index contributed by atoms with van der Waals surface area (Å²) in [5.41, 5.74) is 0.300. The van der Waals surface area contributed by atoms with Gasteiger partial charge in [-0.2, -0.15) is 0 Å². The van der Waals surface area contributed by atoms with Gasteiger partial charge < -0.3 is 0 Å². The lowest BCUT2D eigenvalue weighted by Gasteiger charge is -2.36. The molecule has 0 bridgehead atoms. The number of rotatable bonds is 3. The van der Waals surface area contributed by atoms with Crippen LogP contribution in [0, 0.1) is 0 Å². The standard InChI is InChI=1S/C11H21NO/c1-9(8-10(2)13)12-7-5-6-11(12,3)4/h9H,5-8H2,1-4H3. The van der Waals surface area contributed by atoms with Crippen molar-refractivity contribution in [2.75, 3.05) is 6.54 Å². The maximum absolute atomic E-state index is 11.0. The molecule has 1 saturated heterocycles. The van der Waals surface area contributed by atoms with E-state index in [4.69, 9.17) is 0 Å². The number of hydrogen-bond acceptors (Lipinski definition) is 2. The van der Waals surface area contributed by atoms with Crippen LogP contribution >= 0.6 is 0 Å². The van der Waals surface area contributed by atoms with Gasteiger partial charge in [0.1, 0.15) is 5.78 Å². The Morgan fingerprint density at radius 3 is 2.54 bits per heavy atom. The van der Waals surface area contributed by atoms with Crippen molar-refractivity contribution in [1.29, 1.82) is 0 Å². The highest BCUT2D eigenvalue weighted by molar-refractivity contribution is 5.76. The van der Waals surface area contributed by atoms with Crippen LogP contribution < -0.4 is 0 Å². The van der Waals surface area contributed by atoms with Crippen molar-refractivity contribution in [3.05, 3.63) is 0 Å². The first kappa shape index (κ1) is 10.7. The average molecular weight is 183 g/mol. The van der Waals surface area contributed by atoms with Crippen molar-refractivity contribution in [3.8, 4) is 0 Å². The van der Waals surface area contributed by atoms with Gasteiger partial charge in [-0.05, 0) is 47.1 Å². The van der Waals surface area contributed by atoms with Gasteiger partial charge in [0.15, 0.2) is 0 Å². The summed E-state index contributed by atoms with van der Waals surface area (Å²) in [4.78, 5) is 13.5. The minimum Gasteiger partial charge on any atom is -0.300 e. The Hall–Kier alpha value is -0.370. The fourth-order valence-electron chi connectivity index (χ4n) is 2.47. The molecule has 1 heterocycles. The van der Waals surface area contributed by atoms with Crippen LogP contribution in [0.4, 0.5) is 0 Å². The zero-order chi connectivity index (χ0) is 10.1. The van der Waals surface area contributed by atoms with Crippen LogP contribution in [0.5, 0.6) is 0 Å².